The number of amides is 2. The molecule has 1 aromatic carbocycles. The van der Waals surface area contributed by atoms with Crippen molar-refractivity contribution in [2.75, 3.05) is 0 Å². The topological polar surface area (TPSA) is 69.6 Å². The lowest BCUT2D eigenvalue weighted by atomic mass is 10.0. The maximum atomic E-state index is 12.3. The minimum atomic E-state index is -0.915. The average molecular weight is 292 g/mol. The van der Waals surface area contributed by atoms with E-state index in [9.17, 15) is 9.59 Å². The van der Waals surface area contributed by atoms with Gasteiger partial charge in [0.15, 0.2) is 0 Å². The van der Waals surface area contributed by atoms with E-state index in [0.29, 0.717) is 6.54 Å². The number of benzene rings is 1. The van der Waals surface area contributed by atoms with E-state index in [1.165, 1.54) is 0 Å². The zero-order chi connectivity index (χ0) is 16.0. The zero-order valence-electron chi connectivity index (χ0n) is 13.0. The molecule has 116 valence electrons. The molecule has 21 heavy (non-hydrogen) atoms. The highest BCUT2D eigenvalue weighted by molar-refractivity contribution is 5.76. The van der Waals surface area contributed by atoms with E-state index in [1.54, 1.807) is 18.7 Å². The van der Waals surface area contributed by atoms with E-state index in [4.69, 9.17) is 5.11 Å². The van der Waals surface area contributed by atoms with Gasteiger partial charge >= 0.3 is 12.0 Å². The van der Waals surface area contributed by atoms with Gasteiger partial charge in [0.1, 0.15) is 0 Å². The van der Waals surface area contributed by atoms with Crippen LogP contribution in [0.2, 0.25) is 0 Å². The summed E-state index contributed by atoms with van der Waals surface area (Å²) in [5.41, 5.74) is 1.04. The Kier molecular flexibility index (Phi) is 6.21. The van der Waals surface area contributed by atoms with Crippen LogP contribution in [-0.2, 0) is 11.3 Å². The Balaban J connectivity index is 2.72. The molecule has 0 spiro atoms. The molecule has 0 saturated carbocycles. The van der Waals surface area contributed by atoms with Crippen LogP contribution in [0.15, 0.2) is 30.3 Å². The number of rotatable bonds is 6. The largest absolute Gasteiger partial charge is 0.481 e. The van der Waals surface area contributed by atoms with Gasteiger partial charge < -0.3 is 15.3 Å². The minimum absolute atomic E-state index is 0.0255. The van der Waals surface area contributed by atoms with Crippen LogP contribution in [0.25, 0.3) is 0 Å². The molecule has 5 nitrogen and oxygen atoms in total. The highest BCUT2D eigenvalue weighted by atomic mass is 16.4. The van der Waals surface area contributed by atoms with Gasteiger partial charge in [0.2, 0.25) is 0 Å². The van der Waals surface area contributed by atoms with E-state index >= 15 is 0 Å². The van der Waals surface area contributed by atoms with Crippen molar-refractivity contribution < 1.29 is 14.7 Å². The SMILES string of the molecule is CC(NC(=O)N(Cc1ccccc1)C(C)C)C(C)C(=O)O. The van der Waals surface area contributed by atoms with Gasteiger partial charge in [0.25, 0.3) is 0 Å². The van der Waals surface area contributed by atoms with Crippen LogP contribution in [0.3, 0.4) is 0 Å². The molecule has 1 rings (SSSR count). The van der Waals surface area contributed by atoms with Crippen LogP contribution in [0.1, 0.15) is 33.3 Å². The summed E-state index contributed by atoms with van der Waals surface area (Å²) in [6, 6.07) is 9.08. The Labute approximate surface area is 126 Å². The van der Waals surface area contributed by atoms with E-state index in [2.05, 4.69) is 5.32 Å². The molecular weight excluding hydrogens is 268 g/mol. The number of aliphatic carboxylic acids is 1. The van der Waals surface area contributed by atoms with E-state index in [0.717, 1.165) is 5.56 Å². The molecule has 0 fully saturated rings. The number of urea groups is 1. The Morgan fingerprint density at radius 3 is 2.19 bits per heavy atom. The molecule has 2 amide bonds. The third-order valence-corrected chi connectivity index (χ3v) is 3.57. The molecule has 2 N–H and O–H groups in total. The Bertz CT molecular complexity index is 474. The number of hydrogen-bond donors (Lipinski definition) is 2. The minimum Gasteiger partial charge on any atom is -0.481 e. The molecule has 0 aliphatic carbocycles. The standard InChI is InChI=1S/C16H24N2O3/c1-11(2)18(10-14-8-6-5-7-9-14)16(21)17-13(4)12(3)15(19)20/h5-9,11-13H,10H2,1-4H3,(H,17,21)(H,19,20). The Morgan fingerprint density at radius 2 is 1.71 bits per heavy atom. The number of nitrogens with zero attached hydrogens (tertiary/aromatic N) is 1. The second-order valence-corrected chi connectivity index (χ2v) is 5.57. The Morgan fingerprint density at radius 1 is 1.14 bits per heavy atom. The number of carbonyl (C=O) groups excluding carboxylic acids is 1. The number of carboxylic acid groups (broad SMARTS) is 1. The van der Waals surface area contributed by atoms with Gasteiger partial charge in [-0.2, -0.15) is 0 Å². The molecule has 2 atom stereocenters. The summed E-state index contributed by atoms with van der Waals surface area (Å²) < 4.78 is 0. The van der Waals surface area contributed by atoms with Crippen molar-refractivity contribution in [2.24, 2.45) is 5.92 Å². The molecule has 1 aromatic rings. The summed E-state index contributed by atoms with van der Waals surface area (Å²) >= 11 is 0. The molecule has 0 aliphatic rings. The first-order valence-corrected chi connectivity index (χ1v) is 7.16. The molecular formula is C16H24N2O3. The predicted octanol–water partition coefficient (Wildman–Crippen LogP) is 2.72. The van der Waals surface area contributed by atoms with Crippen molar-refractivity contribution in [1.82, 2.24) is 10.2 Å². The first kappa shape index (κ1) is 17.0. The van der Waals surface area contributed by atoms with Crippen LogP contribution in [0.4, 0.5) is 4.79 Å². The summed E-state index contributed by atoms with van der Waals surface area (Å²) in [6.07, 6.45) is 0. The third kappa shape index (κ3) is 5.10. The number of carboxylic acids is 1. The van der Waals surface area contributed by atoms with Gasteiger partial charge in [-0.3, -0.25) is 4.79 Å². The summed E-state index contributed by atoms with van der Waals surface area (Å²) in [6.45, 7) is 7.67. The third-order valence-electron chi connectivity index (χ3n) is 3.57. The van der Waals surface area contributed by atoms with Crippen molar-refractivity contribution in [3.05, 3.63) is 35.9 Å². The van der Waals surface area contributed by atoms with Gasteiger partial charge in [-0.05, 0) is 33.3 Å². The van der Waals surface area contributed by atoms with Crippen molar-refractivity contribution >= 4 is 12.0 Å². The highest BCUT2D eigenvalue weighted by Gasteiger charge is 2.24. The lowest BCUT2D eigenvalue weighted by Crippen LogP contribution is -2.49. The molecule has 0 aromatic heterocycles. The number of nitrogens with one attached hydrogen (secondary N) is 1. The first-order chi connectivity index (χ1) is 9.82. The van der Waals surface area contributed by atoms with Crippen LogP contribution in [0.5, 0.6) is 0 Å². The van der Waals surface area contributed by atoms with Crippen molar-refractivity contribution in [2.45, 2.75) is 46.3 Å². The first-order valence-electron chi connectivity index (χ1n) is 7.16. The second kappa shape index (κ2) is 7.67. The van der Waals surface area contributed by atoms with Crippen molar-refractivity contribution in [1.29, 1.82) is 0 Å². The average Bonchev–Trinajstić information content (AvgIpc) is 2.44. The summed E-state index contributed by atoms with van der Waals surface area (Å²) in [4.78, 5) is 25.0. The fourth-order valence-corrected chi connectivity index (χ4v) is 1.89. The van der Waals surface area contributed by atoms with Gasteiger partial charge in [-0.25, -0.2) is 4.79 Å². The monoisotopic (exact) mass is 292 g/mol. The van der Waals surface area contributed by atoms with E-state index in [-0.39, 0.29) is 12.1 Å². The highest BCUT2D eigenvalue weighted by Crippen LogP contribution is 2.10. The second-order valence-electron chi connectivity index (χ2n) is 5.57. The predicted molar refractivity (Wildman–Crippen MR) is 81.9 cm³/mol. The fraction of sp³-hybridized carbons (Fsp3) is 0.500. The summed E-state index contributed by atoms with van der Waals surface area (Å²) in [5, 5.41) is 11.8. The van der Waals surface area contributed by atoms with E-state index in [1.807, 2.05) is 44.2 Å². The lowest BCUT2D eigenvalue weighted by molar-refractivity contribution is -0.141. The molecule has 0 saturated heterocycles. The van der Waals surface area contributed by atoms with Crippen LogP contribution in [-0.4, -0.2) is 34.1 Å². The van der Waals surface area contributed by atoms with Crippen molar-refractivity contribution in [3.8, 4) is 0 Å². The maximum absolute atomic E-state index is 12.3. The zero-order valence-corrected chi connectivity index (χ0v) is 13.0. The van der Waals surface area contributed by atoms with Gasteiger partial charge in [-0.1, -0.05) is 30.3 Å². The number of hydrogen-bond acceptors (Lipinski definition) is 2. The Hall–Kier alpha value is -2.04. The smallest absolute Gasteiger partial charge is 0.318 e. The maximum Gasteiger partial charge on any atom is 0.318 e. The molecule has 0 heterocycles. The molecule has 0 aliphatic heterocycles. The molecule has 0 bridgehead atoms. The lowest BCUT2D eigenvalue weighted by Gasteiger charge is -2.29. The quantitative estimate of drug-likeness (QED) is 0.847. The number of carbonyl (C=O) groups is 2. The van der Waals surface area contributed by atoms with Crippen LogP contribution >= 0.6 is 0 Å². The van der Waals surface area contributed by atoms with Crippen LogP contribution < -0.4 is 5.32 Å². The summed E-state index contributed by atoms with van der Waals surface area (Å²) in [5.74, 6) is -1.54. The molecule has 5 heteroatoms. The fourth-order valence-electron chi connectivity index (χ4n) is 1.89. The van der Waals surface area contributed by atoms with Gasteiger partial charge in [0.05, 0.1) is 5.92 Å². The van der Waals surface area contributed by atoms with Gasteiger partial charge in [-0.15, -0.1) is 0 Å². The van der Waals surface area contributed by atoms with Crippen molar-refractivity contribution in [3.63, 3.8) is 0 Å². The van der Waals surface area contributed by atoms with E-state index < -0.39 is 17.9 Å². The van der Waals surface area contributed by atoms with Crippen LogP contribution in [0, 0.1) is 5.92 Å². The normalized spacial score (nSPS) is 13.6. The summed E-state index contributed by atoms with van der Waals surface area (Å²) in [7, 11) is 0. The van der Waals surface area contributed by atoms with Gasteiger partial charge in [0, 0.05) is 18.6 Å². The molecule has 0 radical (unpaired) electrons. The molecule has 2 unspecified atom stereocenters.